The first-order valence-corrected chi connectivity index (χ1v) is 5.08. The van der Waals surface area contributed by atoms with Crippen LogP contribution in [0.15, 0.2) is 10.6 Å². The SMILES string of the molecule is CCc1cnc([C@@H]2CCCCN2)o1. The first kappa shape index (κ1) is 8.75. The van der Waals surface area contributed by atoms with E-state index in [1.807, 2.05) is 6.20 Å². The van der Waals surface area contributed by atoms with Crippen molar-refractivity contribution in [2.45, 2.75) is 38.6 Å². The summed E-state index contributed by atoms with van der Waals surface area (Å²) in [5, 5.41) is 3.42. The number of aromatic nitrogens is 1. The van der Waals surface area contributed by atoms with Crippen molar-refractivity contribution < 1.29 is 4.42 Å². The van der Waals surface area contributed by atoms with Crippen LogP contribution in [0.3, 0.4) is 0 Å². The Balaban J connectivity index is 2.05. The predicted molar refractivity (Wildman–Crippen MR) is 50.5 cm³/mol. The largest absolute Gasteiger partial charge is 0.444 e. The van der Waals surface area contributed by atoms with Crippen molar-refractivity contribution in [3.63, 3.8) is 0 Å². The van der Waals surface area contributed by atoms with Crippen LogP contribution in [0, 0.1) is 0 Å². The Kier molecular flexibility index (Phi) is 2.64. The lowest BCUT2D eigenvalue weighted by atomic mass is 10.1. The van der Waals surface area contributed by atoms with E-state index in [2.05, 4.69) is 17.2 Å². The average Bonchev–Trinajstić information content (AvgIpc) is 2.67. The molecule has 0 unspecified atom stereocenters. The molecule has 0 spiro atoms. The molecule has 2 heterocycles. The van der Waals surface area contributed by atoms with Crippen molar-refractivity contribution in [1.29, 1.82) is 0 Å². The molecule has 72 valence electrons. The molecule has 2 rings (SSSR count). The standard InChI is InChI=1S/C10H16N2O/c1-2-8-7-12-10(13-8)9-5-3-4-6-11-9/h7,9,11H,2-6H2,1H3/t9-/m0/s1. The minimum Gasteiger partial charge on any atom is -0.444 e. The second-order valence-electron chi connectivity index (χ2n) is 3.52. The number of nitrogens with one attached hydrogen (secondary N) is 1. The molecule has 1 aliphatic rings. The van der Waals surface area contributed by atoms with Crippen molar-refractivity contribution in [2.24, 2.45) is 0 Å². The zero-order chi connectivity index (χ0) is 9.10. The Morgan fingerprint density at radius 1 is 1.62 bits per heavy atom. The lowest BCUT2D eigenvalue weighted by Gasteiger charge is -2.20. The summed E-state index contributed by atoms with van der Waals surface area (Å²) in [6.07, 6.45) is 6.48. The summed E-state index contributed by atoms with van der Waals surface area (Å²) in [4.78, 5) is 4.28. The maximum Gasteiger partial charge on any atom is 0.211 e. The third-order valence-electron chi connectivity index (χ3n) is 2.53. The maximum atomic E-state index is 5.60. The van der Waals surface area contributed by atoms with Gasteiger partial charge in [-0.25, -0.2) is 4.98 Å². The van der Waals surface area contributed by atoms with Crippen LogP contribution < -0.4 is 5.32 Å². The van der Waals surface area contributed by atoms with Crippen molar-refractivity contribution in [2.75, 3.05) is 6.54 Å². The van der Waals surface area contributed by atoms with Crippen LogP contribution in [0.5, 0.6) is 0 Å². The molecular weight excluding hydrogens is 164 g/mol. The average molecular weight is 180 g/mol. The summed E-state index contributed by atoms with van der Waals surface area (Å²) < 4.78 is 5.60. The van der Waals surface area contributed by atoms with E-state index in [1.165, 1.54) is 12.8 Å². The van der Waals surface area contributed by atoms with Gasteiger partial charge in [0.15, 0.2) is 0 Å². The molecule has 0 aliphatic carbocycles. The molecule has 0 aromatic carbocycles. The third kappa shape index (κ3) is 1.91. The highest BCUT2D eigenvalue weighted by Gasteiger charge is 2.18. The Hall–Kier alpha value is -0.830. The van der Waals surface area contributed by atoms with E-state index in [4.69, 9.17) is 4.42 Å². The van der Waals surface area contributed by atoms with Crippen LogP contribution >= 0.6 is 0 Å². The highest BCUT2D eigenvalue weighted by atomic mass is 16.4. The van der Waals surface area contributed by atoms with Gasteiger partial charge in [0, 0.05) is 6.42 Å². The zero-order valence-electron chi connectivity index (χ0n) is 8.05. The van der Waals surface area contributed by atoms with Crippen LogP contribution in [0.4, 0.5) is 0 Å². The van der Waals surface area contributed by atoms with Gasteiger partial charge in [-0.05, 0) is 19.4 Å². The monoisotopic (exact) mass is 180 g/mol. The molecule has 1 aliphatic heterocycles. The fourth-order valence-corrected chi connectivity index (χ4v) is 1.71. The Morgan fingerprint density at radius 3 is 3.15 bits per heavy atom. The fraction of sp³-hybridized carbons (Fsp3) is 0.700. The van der Waals surface area contributed by atoms with E-state index in [1.54, 1.807) is 0 Å². The smallest absolute Gasteiger partial charge is 0.211 e. The number of rotatable bonds is 2. The van der Waals surface area contributed by atoms with Gasteiger partial charge in [-0.2, -0.15) is 0 Å². The van der Waals surface area contributed by atoms with Crippen molar-refractivity contribution in [3.05, 3.63) is 17.8 Å². The van der Waals surface area contributed by atoms with Crippen LogP contribution in [0.1, 0.15) is 43.9 Å². The van der Waals surface area contributed by atoms with Crippen molar-refractivity contribution in [1.82, 2.24) is 10.3 Å². The Morgan fingerprint density at radius 2 is 2.54 bits per heavy atom. The molecule has 3 nitrogen and oxygen atoms in total. The lowest BCUT2D eigenvalue weighted by Crippen LogP contribution is -2.26. The molecule has 0 amide bonds. The van der Waals surface area contributed by atoms with Gasteiger partial charge in [0.25, 0.3) is 0 Å². The van der Waals surface area contributed by atoms with Gasteiger partial charge in [0.1, 0.15) is 5.76 Å². The molecule has 1 atom stereocenters. The molecule has 0 bridgehead atoms. The first-order valence-electron chi connectivity index (χ1n) is 5.08. The highest BCUT2D eigenvalue weighted by Crippen LogP contribution is 2.22. The van der Waals surface area contributed by atoms with Crippen LogP contribution in [-0.4, -0.2) is 11.5 Å². The topological polar surface area (TPSA) is 38.1 Å². The molecule has 1 N–H and O–H groups in total. The summed E-state index contributed by atoms with van der Waals surface area (Å²) in [6, 6.07) is 0.356. The first-order chi connectivity index (χ1) is 6.40. The van der Waals surface area contributed by atoms with Gasteiger partial charge < -0.3 is 9.73 Å². The summed E-state index contributed by atoms with van der Waals surface area (Å²) in [7, 11) is 0. The minimum absolute atomic E-state index is 0.356. The molecule has 1 saturated heterocycles. The summed E-state index contributed by atoms with van der Waals surface area (Å²) in [6.45, 7) is 3.17. The number of hydrogen-bond donors (Lipinski definition) is 1. The number of hydrogen-bond acceptors (Lipinski definition) is 3. The second-order valence-corrected chi connectivity index (χ2v) is 3.52. The zero-order valence-corrected chi connectivity index (χ0v) is 8.05. The minimum atomic E-state index is 0.356. The van der Waals surface area contributed by atoms with Crippen LogP contribution in [-0.2, 0) is 6.42 Å². The van der Waals surface area contributed by atoms with Gasteiger partial charge in [-0.1, -0.05) is 13.3 Å². The van der Waals surface area contributed by atoms with Crippen molar-refractivity contribution >= 4 is 0 Å². The normalized spacial score (nSPS) is 23.3. The molecule has 0 saturated carbocycles. The number of nitrogens with zero attached hydrogens (tertiary/aromatic N) is 1. The van der Waals surface area contributed by atoms with E-state index in [0.29, 0.717) is 6.04 Å². The molecule has 1 aromatic rings. The molecule has 0 radical (unpaired) electrons. The van der Waals surface area contributed by atoms with Gasteiger partial charge in [0.2, 0.25) is 5.89 Å². The van der Waals surface area contributed by atoms with E-state index in [-0.39, 0.29) is 0 Å². The quantitative estimate of drug-likeness (QED) is 0.757. The number of piperidine rings is 1. The fourth-order valence-electron chi connectivity index (χ4n) is 1.71. The highest BCUT2D eigenvalue weighted by molar-refractivity contribution is 4.98. The van der Waals surface area contributed by atoms with E-state index < -0.39 is 0 Å². The molecule has 1 fully saturated rings. The Labute approximate surface area is 78.5 Å². The molecular formula is C10H16N2O. The van der Waals surface area contributed by atoms with E-state index >= 15 is 0 Å². The molecule has 1 aromatic heterocycles. The molecule has 3 heteroatoms. The lowest BCUT2D eigenvalue weighted by molar-refractivity contribution is 0.330. The third-order valence-corrected chi connectivity index (χ3v) is 2.53. The Bertz CT molecular complexity index is 264. The number of oxazole rings is 1. The van der Waals surface area contributed by atoms with Gasteiger partial charge in [-0.15, -0.1) is 0 Å². The van der Waals surface area contributed by atoms with Crippen molar-refractivity contribution in [3.8, 4) is 0 Å². The van der Waals surface area contributed by atoms with E-state index in [9.17, 15) is 0 Å². The second kappa shape index (κ2) is 3.92. The molecule has 13 heavy (non-hydrogen) atoms. The predicted octanol–water partition coefficient (Wildman–Crippen LogP) is 2.05. The maximum absolute atomic E-state index is 5.60. The number of aryl methyl sites for hydroxylation is 1. The van der Waals surface area contributed by atoms with Crippen LogP contribution in [0.25, 0.3) is 0 Å². The van der Waals surface area contributed by atoms with Gasteiger partial charge in [-0.3, -0.25) is 0 Å². The van der Waals surface area contributed by atoms with Crippen LogP contribution in [0.2, 0.25) is 0 Å². The summed E-state index contributed by atoms with van der Waals surface area (Å²) in [5.41, 5.74) is 0. The van der Waals surface area contributed by atoms with Gasteiger partial charge >= 0.3 is 0 Å². The summed E-state index contributed by atoms with van der Waals surface area (Å²) >= 11 is 0. The van der Waals surface area contributed by atoms with Gasteiger partial charge in [0.05, 0.1) is 12.2 Å². The summed E-state index contributed by atoms with van der Waals surface area (Å²) in [5.74, 6) is 1.86. The van der Waals surface area contributed by atoms with E-state index in [0.717, 1.165) is 31.0 Å².